The van der Waals surface area contributed by atoms with E-state index >= 15 is 0 Å². The number of sulfonamides is 1. The molecule has 2 aromatic carbocycles. The van der Waals surface area contributed by atoms with Crippen LogP contribution in [0, 0.1) is 6.92 Å². The molecule has 0 bridgehead atoms. The Morgan fingerprint density at radius 2 is 1.81 bits per heavy atom. The van der Waals surface area contributed by atoms with Crippen LogP contribution in [0.4, 0.5) is 5.13 Å². The first-order valence-corrected chi connectivity index (χ1v) is 12.6. The summed E-state index contributed by atoms with van der Waals surface area (Å²) in [6, 6.07) is 14.3. The highest BCUT2D eigenvalue weighted by Gasteiger charge is 2.30. The molecule has 2 heterocycles. The van der Waals surface area contributed by atoms with Gasteiger partial charge in [-0.3, -0.25) is 4.79 Å². The summed E-state index contributed by atoms with van der Waals surface area (Å²) >= 11 is 1.52. The van der Waals surface area contributed by atoms with E-state index in [9.17, 15) is 13.2 Å². The Labute approximate surface area is 186 Å². The molecule has 1 aromatic heterocycles. The Morgan fingerprint density at radius 3 is 2.48 bits per heavy atom. The van der Waals surface area contributed by atoms with Crippen LogP contribution in [-0.4, -0.2) is 48.8 Å². The minimum atomic E-state index is -3.50. The Morgan fingerprint density at radius 1 is 1.13 bits per heavy atom. The Balaban J connectivity index is 1.30. The molecule has 9 heteroatoms. The molecule has 3 aromatic rings. The number of nitrogens with one attached hydrogen (secondary N) is 2. The minimum Gasteiger partial charge on any atom is -0.351 e. The van der Waals surface area contributed by atoms with E-state index in [2.05, 4.69) is 15.6 Å². The van der Waals surface area contributed by atoms with Gasteiger partial charge in [-0.15, -0.1) is 0 Å². The van der Waals surface area contributed by atoms with E-state index in [0.29, 0.717) is 36.0 Å². The maximum Gasteiger partial charge on any atom is 0.243 e. The van der Waals surface area contributed by atoms with E-state index in [-0.39, 0.29) is 11.9 Å². The largest absolute Gasteiger partial charge is 0.351 e. The number of carbonyl (C=O) groups is 1. The number of nitrogens with zero attached hydrogens (tertiary/aromatic N) is 2. The van der Waals surface area contributed by atoms with Crippen molar-refractivity contribution in [3.8, 4) is 0 Å². The van der Waals surface area contributed by atoms with Crippen molar-refractivity contribution in [2.24, 2.45) is 0 Å². The molecule has 1 fully saturated rings. The molecule has 1 unspecified atom stereocenters. The normalized spacial score (nSPS) is 16.8. The molecule has 0 aliphatic carbocycles. The average molecular weight is 459 g/mol. The van der Waals surface area contributed by atoms with Crippen molar-refractivity contribution in [2.75, 3.05) is 18.4 Å². The summed E-state index contributed by atoms with van der Waals surface area (Å²) in [6.07, 6.45) is 1.18. The lowest BCUT2D eigenvalue weighted by Gasteiger charge is -2.32. The molecular formula is C22H26N4O3S2. The fraction of sp³-hybridized carbons (Fsp3) is 0.364. The van der Waals surface area contributed by atoms with Crippen LogP contribution in [0.1, 0.15) is 25.3 Å². The van der Waals surface area contributed by atoms with Crippen LogP contribution in [0.15, 0.2) is 53.4 Å². The van der Waals surface area contributed by atoms with Crippen LogP contribution in [-0.2, 0) is 14.8 Å². The van der Waals surface area contributed by atoms with Gasteiger partial charge in [0.05, 0.1) is 15.1 Å². The van der Waals surface area contributed by atoms with Gasteiger partial charge >= 0.3 is 0 Å². The number of piperidine rings is 1. The number of benzene rings is 2. The number of aryl methyl sites for hydroxylation is 1. The fourth-order valence-electron chi connectivity index (χ4n) is 3.61. The van der Waals surface area contributed by atoms with Gasteiger partial charge in [-0.2, -0.15) is 4.31 Å². The van der Waals surface area contributed by atoms with E-state index in [4.69, 9.17) is 0 Å². The Kier molecular flexibility index (Phi) is 6.27. The van der Waals surface area contributed by atoms with Crippen molar-refractivity contribution in [2.45, 2.75) is 43.7 Å². The smallest absolute Gasteiger partial charge is 0.243 e. The second-order valence-corrected chi connectivity index (χ2v) is 10.8. The van der Waals surface area contributed by atoms with Crippen LogP contribution < -0.4 is 10.6 Å². The zero-order valence-electron chi connectivity index (χ0n) is 17.5. The average Bonchev–Trinajstić information content (AvgIpc) is 3.16. The number of aromatic nitrogens is 1. The molecule has 31 heavy (non-hydrogen) atoms. The standard InChI is InChI=1S/C22H26N4O3S2/c1-15-7-9-18(10-8-15)31(28,29)26-13-11-17(12-14-26)24-21(27)16(2)23-22-25-19-5-3-4-6-20(19)30-22/h3-10,16-17H,11-14H2,1-2H3,(H,23,25)(H,24,27). The van der Waals surface area contributed by atoms with Gasteiger partial charge in [0, 0.05) is 19.1 Å². The number of rotatable bonds is 6. The third-order valence-electron chi connectivity index (χ3n) is 5.49. The van der Waals surface area contributed by atoms with Gasteiger partial charge in [0.2, 0.25) is 15.9 Å². The zero-order chi connectivity index (χ0) is 22.0. The van der Waals surface area contributed by atoms with E-state index in [1.165, 1.54) is 15.6 Å². The van der Waals surface area contributed by atoms with Crippen molar-refractivity contribution in [1.82, 2.24) is 14.6 Å². The second kappa shape index (κ2) is 8.94. The summed E-state index contributed by atoms with van der Waals surface area (Å²) in [5, 5.41) is 6.93. The second-order valence-electron chi connectivity index (χ2n) is 7.85. The van der Waals surface area contributed by atoms with Crippen LogP contribution >= 0.6 is 11.3 Å². The van der Waals surface area contributed by atoms with Crippen molar-refractivity contribution >= 4 is 42.6 Å². The topological polar surface area (TPSA) is 91.4 Å². The zero-order valence-corrected chi connectivity index (χ0v) is 19.2. The highest BCUT2D eigenvalue weighted by atomic mass is 32.2. The van der Waals surface area contributed by atoms with Crippen molar-refractivity contribution in [3.63, 3.8) is 0 Å². The third-order valence-corrected chi connectivity index (χ3v) is 8.37. The van der Waals surface area contributed by atoms with E-state index < -0.39 is 16.1 Å². The van der Waals surface area contributed by atoms with E-state index in [0.717, 1.165) is 15.8 Å². The van der Waals surface area contributed by atoms with Gasteiger partial charge in [0.15, 0.2) is 5.13 Å². The predicted molar refractivity (Wildman–Crippen MR) is 124 cm³/mol. The number of hydrogen-bond acceptors (Lipinski definition) is 6. The molecule has 164 valence electrons. The van der Waals surface area contributed by atoms with Crippen LogP contribution in [0.2, 0.25) is 0 Å². The van der Waals surface area contributed by atoms with Gasteiger partial charge in [-0.05, 0) is 51.0 Å². The van der Waals surface area contributed by atoms with E-state index in [1.807, 2.05) is 31.2 Å². The molecule has 0 radical (unpaired) electrons. The van der Waals surface area contributed by atoms with Crippen molar-refractivity contribution in [1.29, 1.82) is 0 Å². The van der Waals surface area contributed by atoms with Crippen LogP contribution in [0.5, 0.6) is 0 Å². The molecule has 1 aliphatic rings. The molecule has 2 N–H and O–H groups in total. The first-order valence-electron chi connectivity index (χ1n) is 10.3. The summed E-state index contributed by atoms with van der Waals surface area (Å²) in [7, 11) is -3.50. The van der Waals surface area contributed by atoms with Gasteiger partial charge in [-0.1, -0.05) is 41.2 Å². The quantitative estimate of drug-likeness (QED) is 0.591. The number of amides is 1. The lowest BCUT2D eigenvalue weighted by molar-refractivity contribution is -0.122. The van der Waals surface area contributed by atoms with E-state index in [1.54, 1.807) is 31.2 Å². The number of carbonyl (C=O) groups excluding carboxylic acids is 1. The number of anilines is 1. The van der Waals surface area contributed by atoms with Crippen molar-refractivity contribution in [3.05, 3.63) is 54.1 Å². The molecule has 0 spiro atoms. The van der Waals surface area contributed by atoms with Gasteiger partial charge < -0.3 is 10.6 Å². The SMILES string of the molecule is Cc1ccc(S(=O)(=O)N2CCC(NC(=O)C(C)Nc3nc4ccccc4s3)CC2)cc1. The maximum absolute atomic E-state index is 12.8. The number of hydrogen-bond donors (Lipinski definition) is 2. The van der Waals surface area contributed by atoms with Gasteiger partial charge in [-0.25, -0.2) is 13.4 Å². The lowest BCUT2D eigenvalue weighted by atomic mass is 10.1. The Bertz CT molecular complexity index is 1130. The molecule has 1 saturated heterocycles. The van der Waals surface area contributed by atoms with Crippen LogP contribution in [0.3, 0.4) is 0 Å². The van der Waals surface area contributed by atoms with Gasteiger partial charge in [0.25, 0.3) is 0 Å². The highest BCUT2D eigenvalue weighted by molar-refractivity contribution is 7.89. The molecule has 1 aliphatic heterocycles. The third kappa shape index (κ3) is 4.89. The molecule has 1 atom stereocenters. The molecular weight excluding hydrogens is 432 g/mol. The summed E-state index contributed by atoms with van der Waals surface area (Å²) < 4.78 is 28.2. The molecule has 1 amide bonds. The fourth-order valence-corrected chi connectivity index (χ4v) is 6.03. The van der Waals surface area contributed by atoms with Crippen molar-refractivity contribution < 1.29 is 13.2 Å². The number of fused-ring (bicyclic) bond motifs is 1. The highest BCUT2D eigenvalue weighted by Crippen LogP contribution is 2.26. The molecule has 0 saturated carbocycles. The van der Waals surface area contributed by atoms with Gasteiger partial charge in [0.1, 0.15) is 6.04 Å². The van der Waals surface area contributed by atoms with Crippen LogP contribution in [0.25, 0.3) is 10.2 Å². The molecule has 4 rings (SSSR count). The molecule has 7 nitrogen and oxygen atoms in total. The first-order chi connectivity index (χ1) is 14.8. The Hall–Kier alpha value is -2.49. The monoisotopic (exact) mass is 458 g/mol. The number of thiazole rings is 1. The summed E-state index contributed by atoms with van der Waals surface area (Å²) in [5.74, 6) is -0.112. The minimum absolute atomic E-state index is 0.0448. The summed E-state index contributed by atoms with van der Waals surface area (Å²) in [4.78, 5) is 17.5. The maximum atomic E-state index is 12.8. The number of para-hydroxylation sites is 1. The summed E-state index contributed by atoms with van der Waals surface area (Å²) in [5.41, 5.74) is 1.93. The first kappa shape index (κ1) is 21.7. The lowest BCUT2D eigenvalue weighted by Crippen LogP contribution is -2.49. The summed E-state index contributed by atoms with van der Waals surface area (Å²) in [6.45, 7) is 4.51. The predicted octanol–water partition coefficient (Wildman–Crippen LogP) is 3.37.